The molecule has 0 aliphatic carbocycles. The van der Waals surface area contributed by atoms with Gasteiger partial charge in [-0.05, 0) is 48.7 Å². The number of hydrogen-bond acceptors (Lipinski definition) is 7. The van der Waals surface area contributed by atoms with Gasteiger partial charge in [-0.1, -0.05) is 17.7 Å². The van der Waals surface area contributed by atoms with Gasteiger partial charge in [-0.15, -0.1) is 0 Å². The predicted molar refractivity (Wildman–Crippen MR) is 98.3 cm³/mol. The smallest absolute Gasteiger partial charge is 0.341 e. The predicted octanol–water partition coefficient (Wildman–Crippen LogP) is 1.96. The van der Waals surface area contributed by atoms with Crippen LogP contribution in [-0.2, 0) is 32.1 Å². The highest BCUT2D eigenvalue weighted by Gasteiger charge is 2.30. The lowest BCUT2D eigenvalue weighted by molar-refractivity contribution is -0.136. The van der Waals surface area contributed by atoms with Gasteiger partial charge >= 0.3 is 16.1 Å². The van der Waals surface area contributed by atoms with Crippen LogP contribution in [0.3, 0.4) is 0 Å². The molecule has 0 unspecified atom stereocenters. The lowest BCUT2D eigenvalue weighted by Gasteiger charge is -2.25. The molecule has 1 aliphatic heterocycles. The fraction of sp³-hybridized carbons (Fsp3) is 0.316. The van der Waals surface area contributed by atoms with Gasteiger partial charge in [0.05, 0.1) is 14.2 Å². The first-order chi connectivity index (χ1) is 12.8. The Morgan fingerprint density at radius 1 is 1.04 bits per heavy atom. The zero-order chi connectivity index (χ0) is 19.6. The number of methoxy groups -OCH3 is 2. The molecule has 0 aromatic heterocycles. The molecule has 0 bridgehead atoms. The van der Waals surface area contributed by atoms with E-state index in [0.29, 0.717) is 18.0 Å². The zero-order valence-electron chi connectivity index (χ0n) is 15.3. The van der Waals surface area contributed by atoms with Crippen molar-refractivity contribution in [1.29, 1.82) is 0 Å². The van der Waals surface area contributed by atoms with E-state index in [4.69, 9.17) is 13.7 Å². The highest BCUT2D eigenvalue weighted by atomic mass is 32.2. The van der Waals surface area contributed by atoms with Crippen molar-refractivity contribution in [2.24, 2.45) is 0 Å². The van der Waals surface area contributed by atoms with E-state index in [1.54, 1.807) is 25.3 Å². The highest BCUT2D eigenvalue weighted by Crippen LogP contribution is 2.32. The van der Waals surface area contributed by atoms with E-state index in [0.717, 1.165) is 16.7 Å². The molecule has 7 nitrogen and oxygen atoms in total. The van der Waals surface area contributed by atoms with E-state index in [1.165, 1.54) is 19.2 Å². The van der Waals surface area contributed by atoms with Crippen LogP contribution < -0.4 is 14.8 Å². The van der Waals surface area contributed by atoms with Crippen molar-refractivity contribution in [3.8, 4) is 11.5 Å². The Morgan fingerprint density at radius 3 is 2.22 bits per heavy atom. The minimum atomic E-state index is -4.16. The first-order valence-electron chi connectivity index (χ1n) is 8.36. The Bertz CT molecular complexity index is 953. The normalized spacial score (nSPS) is 16.3. The topological polar surface area (TPSA) is 90.9 Å². The largest absolute Gasteiger partial charge is 0.493 e. The van der Waals surface area contributed by atoms with Crippen LogP contribution in [0.25, 0.3) is 0 Å². The molecule has 8 heteroatoms. The van der Waals surface area contributed by atoms with Gasteiger partial charge in [-0.25, -0.2) is 4.79 Å². The quantitative estimate of drug-likeness (QED) is 0.779. The van der Waals surface area contributed by atoms with Crippen molar-refractivity contribution in [1.82, 2.24) is 5.32 Å². The summed E-state index contributed by atoms with van der Waals surface area (Å²) in [6.45, 7) is 2.23. The molecule has 0 saturated carbocycles. The molecule has 1 atom stereocenters. The zero-order valence-corrected chi connectivity index (χ0v) is 16.1. The molecule has 0 saturated heterocycles. The van der Waals surface area contributed by atoms with Gasteiger partial charge in [0.2, 0.25) is 0 Å². The Labute approximate surface area is 158 Å². The molecule has 0 fully saturated rings. The lowest BCUT2D eigenvalue weighted by Crippen LogP contribution is -2.43. The van der Waals surface area contributed by atoms with Crippen molar-refractivity contribution >= 4 is 16.1 Å². The second-order valence-electron chi connectivity index (χ2n) is 6.28. The van der Waals surface area contributed by atoms with Gasteiger partial charge in [0, 0.05) is 6.54 Å². The number of benzene rings is 2. The van der Waals surface area contributed by atoms with Crippen LogP contribution in [0.15, 0.2) is 41.3 Å². The number of fused-ring (bicyclic) bond motifs is 1. The van der Waals surface area contributed by atoms with Crippen LogP contribution in [0, 0.1) is 6.92 Å². The third-order valence-corrected chi connectivity index (χ3v) is 5.69. The summed E-state index contributed by atoms with van der Waals surface area (Å²) < 4.78 is 40.0. The highest BCUT2D eigenvalue weighted by molar-refractivity contribution is 7.87. The Balaban J connectivity index is 1.76. The fourth-order valence-corrected chi connectivity index (χ4v) is 3.83. The second kappa shape index (κ2) is 7.58. The monoisotopic (exact) mass is 391 g/mol. The van der Waals surface area contributed by atoms with Crippen molar-refractivity contribution in [3.05, 3.63) is 53.1 Å². The maximum atomic E-state index is 12.4. The molecule has 0 spiro atoms. The molecule has 0 radical (unpaired) electrons. The number of hydrogen-bond donors (Lipinski definition) is 1. The molecule has 27 heavy (non-hydrogen) atoms. The molecule has 3 rings (SSSR count). The molecule has 1 N–H and O–H groups in total. The molecular weight excluding hydrogens is 370 g/mol. The van der Waals surface area contributed by atoms with Crippen LogP contribution in [0.1, 0.15) is 16.7 Å². The third kappa shape index (κ3) is 4.06. The Kier molecular flexibility index (Phi) is 5.38. The van der Waals surface area contributed by atoms with Gasteiger partial charge in [0.25, 0.3) is 0 Å². The first-order valence-corrected chi connectivity index (χ1v) is 9.77. The molecule has 1 aliphatic rings. The number of nitrogens with one attached hydrogen (secondary N) is 1. The van der Waals surface area contributed by atoms with Crippen LogP contribution >= 0.6 is 0 Å². The van der Waals surface area contributed by atoms with Crippen LogP contribution in [0.4, 0.5) is 0 Å². The second-order valence-corrected chi connectivity index (χ2v) is 7.83. The van der Waals surface area contributed by atoms with Crippen LogP contribution in [0.5, 0.6) is 11.5 Å². The summed E-state index contributed by atoms with van der Waals surface area (Å²) in [6.07, 6.45) is 0.290. The number of carbonyl (C=O) groups is 1. The lowest BCUT2D eigenvalue weighted by atomic mass is 9.95. The van der Waals surface area contributed by atoms with Gasteiger partial charge in [-0.2, -0.15) is 8.42 Å². The van der Waals surface area contributed by atoms with Gasteiger partial charge in [-0.3, -0.25) is 5.32 Å². The van der Waals surface area contributed by atoms with Crippen molar-refractivity contribution in [2.75, 3.05) is 14.2 Å². The minimum absolute atomic E-state index is 0.0518. The van der Waals surface area contributed by atoms with E-state index in [9.17, 15) is 13.2 Å². The minimum Gasteiger partial charge on any atom is -0.493 e. The standard InChI is InChI=1S/C19H21NO6S/c1-12-4-6-15(7-5-12)27(22,23)26-19(21)16-8-13-9-17(24-2)18(25-3)10-14(13)11-20-16/h4-7,9-10,16,20H,8,11H2,1-3H3/t16-/m0/s1. The first kappa shape index (κ1) is 19.2. The summed E-state index contributed by atoms with van der Waals surface area (Å²) in [7, 11) is -1.08. The number of rotatable bonds is 5. The average Bonchev–Trinajstić information content (AvgIpc) is 2.66. The molecule has 2 aromatic rings. The molecule has 1 heterocycles. The fourth-order valence-electron chi connectivity index (χ4n) is 2.93. The number of carbonyl (C=O) groups excluding carboxylic acids is 1. The molecular formula is C19H21NO6S. The SMILES string of the molecule is COc1cc2c(cc1OC)C[C@@H](C(=O)OS(=O)(=O)c1ccc(C)cc1)NC2. The van der Waals surface area contributed by atoms with E-state index in [-0.39, 0.29) is 11.3 Å². The Hall–Kier alpha value is -2.58. The molecule has 0 amide bonds. The maximum Gasteiger partial charge on any atom is 0.341 e. The summed E-state index contributed by atoms with van der Waals surface area (Å²) in [6, 6.07) is 8.99. The van der Waals surface area contributed by atoms with Gasteiger partial charge in [0.15, 0.2) is 11.5 Å². The van der Waals surface area contributed by atoms with E-state index in [1.807, 2.05) is 13.0 Å². The van der Waals surface area contributed by atoms with E-state index >= 15 is 0 Å². The van der Waals surface area contributed by atoms with Crippen LogP contribution in [-0.4, -0.2) is 34.6 Å². The van der Waals surface area contributed by atoms with Gasteiger partial charge < -0.3 is 13.7 Å². The molecule has 144 valence electrons. The summed E-state index contributed by atoms with van der Waals surface area (Å²) in [5.41, 5.74) is 2.74. The van der Waals surface area contributed by atoms with Crippen molar-refractivity contribution in [2.45, 2.75) is 30.8 Å². The van der Waals surface area contributed by atoms with Crippen LogP contribution in [0.2, 0.25) is 0 Å². The van der Waals surface area contributed by atoms with Crippen molar-refractivity contribution in [3.63, 3.8) is 0 Å². The van der Waals surface area contributed by atoms with Gasteiger partial charge in [0.1, 0.15) is 10.9 Å². The number of aryl methyl sites for hydroxylation is 1. The summed E-state index contributed by atoms with van der Waals surface area (Å²) in [4.78, 5) is 12.4. The third-order valence-electron chi connectivity index (χ3n) is 4.45. The molecule has 2 aromatic carbocycles. The van der Waals surface area contributed by atoms with E-state index < -0.39 is 22.1 Å². The van der Waals surface area contributed by atoms with E-state index in [2.05, 4.69) is 5.32 Å². The average molecular weight is 391 g/mol. The summed E-state index contributed by atoms with van der Waals surface area (Å²) in [5.74, 6) is 0.314. The summed E-state index contributed by atoms with van der Waals surface area (Å²) in [5, 5.41) is 3.01. The van der Waals surface area contributed by atoms with Crippen molar-refractivity contribution < 1.29 is 26.9 Å². The maximum absolute atomic E-state index is 12.4. The summed E-state index contributed by atoms with van der Waals surface area (Å²) >= 11 is 0. The Morgan fingerprint density at radius 2 is 1.63 bits per heavy atom. The number of ether oxygens (including phenoxy) is 2.